The summed E-state index contributed by atoms with van der Waals surface area (Å²) in [7, 11) is 2.10. The first-order valence-electron chi connectivity index (χ1n) is 6.52. The van der Waals surface area contributed by atoms with Gasteiger partial charge in [0.25, 0.3) is 0 Å². The van der Waals surface area contributed by atoms with Crippen molar-refractivity contribution in [3.05, 3.63) is 0 Å². The smallest absolute Gasteiger partial charge is 0.225 e. The SMILES string of the molecule is C[C@H]1CN(C)CCN1CCC(=O)N(CC#N)CC#N. The molecular weight excluding hydrogens is 242 g/mol. The van der Waals surface area contributed by atoms with Crippen LogP contribution in [0.3, 0.4) is 0 Å². The number of nitriles is 2. The van der Waals surface area contributed by atoms with Crippen molar-refractivity contribution < 1.29 is 4.79 Å². The Labute approximate surface area is 114 Å². The summed E-state index contributed by atoms with van der Waals surface area (Å²) < 4.78 is 0. The molecule has 0 bridgehead atoms. The van der Waals surface area contributed by atoms with Crippen LogP contribution in [0.25, 0.3) is 0 Å². The Bertz CT molecular complexity index is 367. The average molecular weight is 263 g/mol. The lowest BCUT2D eigenvalue weighted by Gasteiger charge is -2.38. The maximum Gasteiger partial charge on any atom is 0.225 e. The third kappa shape index (κ3) is 4.86. The summed E-state index contributed by atoms with van der Waals surface area (Å²) in [6, 6.07) is 4.28. The largest absolute Gasteiger partial charge is 0.316 e. The van der Waals surface area contributed by atoms with Crippen molar-refractivity contribution in [1.29, 1.82) is 10.5 Å². The molecule has 104 valence electrons. The van der Waals surface area contributed by atoms with Gasteiger partial charge in [-0.1, -0.05) is 0 Å². The highest BCUT2D eigenvalue weighted by atomic mass is 16.2. The van der Waals surface area contributed by atoms with Crippen molar-refractivity contribution in [3.63, 3.8) is 0 Å². The summed E-state index contributed by atoms with van der Waals surface area (Å²) in [5.74, 6) is -0.116. The van der Waals surface area contributed by atoms with Gasteiger partial charge in [-0.15, -0.1) is 0 Å². The van der Waals surface area contributed by atoms with Crippen LogP contribution in [0.15, 0.2) is 0 Å². The minimum atomic E-state index is -0.116. The second-order valence-corrected chi connectivity index (χ2v) is 4.96. The number of carbonyl (C=O) groups excluding carboxylic acids is 1. The van der Waals surface area contributed by atoms with Crippen LogP contribution in [0.5, 0.6) is 0 Å². The predicted octanol–water partition coefficient (Wildman–Crippen LogP) is -0.112. The van der Waals surface area contributed by atoms with E-state index in [1.54, 1.807) is 0 Å². The molecule has 0 aromatic rings. The number of rotatable bonds is 5. The normalized spacial score (nSPS) is 20.5. The van der Waals surface area contributed by atoms with Gasteiger partial charge in [-0.05, 0) is 14.0 Å². The fourth-order valence-corrected chi connectivity index (χ4v) is 2.31. The molecule has 1 rings (SSSR count). The third-order valence-electron chi connectivity index (χ3n) is 3.46. The van der Waals surface area contributed by atoms with Gasteiger partial charge in [0.1, 0.15) is 13.1 Å². The Morgan fingerprint density at radius 2 is 1.95 bits per heavy atom. The molecule has 0 radical (unpaired) electrons. The van der Waals surface area contributed by atoms with E-state index in [0.717, 1.165) is 19.6 Å². The Kier molecular flexibility index (Phi) is 6.27. The van der Waals surface area contributed by atoms with E-state index in [-0.39, 0.29) is 19.0 Å². The Morgan fingerprint density at radius 1 is 1.32 bits per heavy atom. The van der Waals surface area contributed by atoms with Crippen LogP contribution in [-0.4, -0.2) is 73.0 Å². The minimum absolute atomic E-state index is 0.00924. The first kappa shape index (κ1) is 15.4. The summed E-state index contributed by atoms with van der Waals surface area (Å²) in [6.07, 6.45) is 0.372. The summed E-state index contributed by atoms with van der Waals surface area (Å²) in [5, 5.41) is 17.3. The molecule has 0 unspecified atom stereocenters. The molecule has 1 amide bonds. The number of nitrogens with zero attached hydrogens (tertiary/aromatic N) is 5. The first-order valence-corrected chi connectivity index (χ1v) is 6.52. The van der Waals surface area contributed by atoms with Gasteiger partial charge in [-0.3, -0.25) is 9.69 Å². The zero-order chi connectivity index (χ0) is 14.3. The Hall–Kier alpha value is -1.63. The van der Waals surface area contributed by atoms with E-state index in [2.05, 4.69) is 23.8 Å². The quantitative estimate of drug-likeness (QED) is 0.647. The highest BCUT2D eigenvalue weighted by Gasteiger charge is 2.22. The van der Waals surface area contributed by atoms with Crippen molar-refractivity contribution in [3.8, 4) is 12.1 Å². The van der Waals surface area contributed by atoms with Gasteiger partial charge in [0, 0.05) is 38.6 Å². The van der Waals surface area contributed by atoms with Crippen LogP contribution < -0.4 is 0 Å². The lowest BCUT2D eigenvalue weighted by Crippen LogP contribution is -2.51. The van der Waals surface area contributed by atoms with Crippen molar-refractivity contribution in [2.45, 2.75) is 19.4 Å². The van der Waals surface area contributed by atoms with E-state index in [1.165, 1.54) is 4.90 Å². The van der Waals surface area contributed by atoms with E-state index in [0.29, 0.717) is 19.0 Å². The zero-order valence-electron chi connectivity index (χ0n) is 11.7. The fraction of sp³-hybridized carbons (Fsp3) is 0.769. The number of likely N-dealkylation sites (N-methyl/N-ethyl adjacent to an activating group) is 1. The van der Waals surface area contributed by atoms with Crippen molar-refractivity contribution >= 4 is 5.91 Å². The van der Waals surface area contributed by atoms with E-state index in [9.17, 15) is 4.79 Å². The molecule has 0 aromatic heterocycles. The van der Waals surface area contributed by atoms with E-state index in [4.69, 9.17) is 10.5 Å². The number of hydrogen-bond donors (Lipinski definition) is 0. The van der Waals surface area contributed by atoms with Gasteiger partial charge in [0.2, 0.25) is 5.91 Å². The van der Waals surface area contributed by atoms with Crippen molar-refractivity contribution in [2.75, 3.05) is 46.3 Å². The molecule has 0 saturated carbocycles. The lowest BCUT2D eigenvalue weighted by atomic mass is 10.2. The number of piperazine rings is 1. The van der Waals surface area contributed by atoms with Crippen molar-refractivity contribution in [2.24, 2.45) is 0 Å². The van der Waals surface area contributed by atoms with E-state index in [1.807, 2.05) is 12.1 Å². The summed E-state index contributed by atoms with van der Waals surface area (Å²) in [4.78, 5) is 17.8. The van der Waals surface area contributed by atoms with Crippen LogP contribution in [0.2, 0.25) is 0 Å². The number of amides is 1. The molecule has 0 aromatic carbocycles. The van der Waals surface area contributed by atoms with Gasteiger partial charge in [0.15, 0.2) is 0 Å². The van der Waals surface area contributed by atoms with Crippen LogP contribution in [0, 0.1) is 22.7 Å². The number of hydrogen-bond acceptors (Lipinski definition) is 5. The van der Waals surface area contributed by atoms with Gasteiger partial charge in [-0.2, -0.15) is 10.5 Å². The first-order chi connectivity index (χ1) is 9.08. The van der Waals surface area contributed by atoms with Gasteiger partial charge in [-0.25, -0.2) is 0 Å². The maximum absolute atomic E-state index is 11.9. The summed E-state index contributed by atoms with van der Waals surface area (Å²) in [5.41, 5.74) is 0. The van der Waals surface area contributed by atoms with Gasteiger partial charge >= 0.3 is 0 Å². The molecule has 0 spiro atoms. The molecule has 6 nitrogen and oxygen atoms in total. The molecule has 1 aliphatic rings. The van der Waals surface area contributed by atoms with Crippen molar-refractivity contribution in [1.82, 2.24) is 14.7 Å². The molecular formula is C13H21N5O. The molecule has 6 heteroatoms. The molecule has 0 N–H and O–H groups in total. The fourth-order valence-electron chi connectivity index (χ4n) is 2.31. The molecule has 1 atom stereocenters. The topological polar surface area (TPSA) is 74.4 Å². The maximum atomic E-state index is 11.9. The van der Waals surface area contributed by atoms with Gasteiger partial charge in [0.05, 0.1) is 12.1 Å². The molecule has 1 aliphatic heterocycles. The second kappa shape index (κ2) is 7.73. The molecule has 1 fully saturated rings. The van der Waals surface area contributed by atoms with Crippen LogP contribution in [-0.2, 0) is 4.79 Å². The van der Waals surface area contributed by atoms with Gasteiger partial charge < -0.3 is 9.80 Å². The molecule has 0 aliphatic carbocycles. The third-order valence-corrected chi connectivity index (χ3v) is 3.46. The average Bonchev–Trinajstić information content (AvgIpc) is 2.37. The molecule has 1 heterocycles. The summed E-state index contributed by atoms with van der Waals surface area (Å²) >= 11 is 0. The Morgan fingerprint density at radius 3 is 2.47 bits per heavy atom. The second-order valence-electron chi connectivity index (χ2n) is 4.96. The minimum Gasteiger partial charge on any atom is -0.316 e. The highest BCUT2D eigenvalue weighted by Crippen LogP contribution is 2.08. The molecule has 19 heavy (non-hydrogen) atoms. The highest BCUT2D eigenvalue weighted by molar-refractivity contribution is 5.76. The van der Waals surface area contributed by atoms with Crippen LogP contribution in [0.1, 0.15) is 13.3 Å². The zero-order valence-corrected chi connectivity index (χ0v) is 11.7. The van der Waals surface area contributed by atoms with Crippen LogP contribution in [0.4, 0.5) is 0 Å². The molecule has 1 saturated heterocycles. The van der Waals surface area contributed by atoms with E-state index < -0.39 is 0 Å². The monoisotopic (exact) mass is 263 g/mol. The standard InChI is InChI=1S/C13H21N5O/c1-12-11-16(2)9-10-17(12)6-3-13(19)18(7-4-14)8-5-15/h12H,3,6-11H2,1-2H3/t12-/m0/s1. The Balaban J connectivity index is 2.41. The van der Waals surface area contributed by atoms with Crippen LogP contribution >= 0.6 is 0 Å². The lowest BCUT2D eigenvalue weighted by molar-refractivity contribution is -0.130. The predicted molar refractivity (Wildman–Crippen MR) is 71.0 cm³/mol. The number of carbonyl (C=O) groups is 1. The van der Waals surface area contributed by atoms with E-state index >= 15 is 0 Å². The summed E-state index contributed by atoms with van der Waals surface area (Å²) in [6.45, 7) is 5.81.